The Hall–Kier alpha value is 1.19. The second-order valence-corrected chi connectivity index (χ2v) is 5.32. The van der Waals surface area contributed by atoms with Crippen molar-refractivity contribution in [2.24, 2.45) is 0 Å². The number of carboxylic acids is 2. The third-order valence-corrected chi connectivity index (χ3v) is 3.89. The van der Waals surface area contributed by atoms with E-state index in [1.54, 1.807) is 0 Å². The molecule has 0 aromatic heterocycles. The molecule has 1 heterocycles. The summed E-state index contributed by atoms with van der Waals surface area (Å²) in [7, 11) is 0. The maximum absolute atomic E-state index is 11.6. The normalized spacial score (nSPS) is 16.5. The third kappa shape index (κ3) is 7.53. The summed E-state index contributed by atoms with van der Waals surface area (Å²) in [6.45, 7) is 1.42. The Labute approximate surface area is 221 Å². The predicted octanol–water partition coefficient (Wildman–Crippen LogP) is -7.17. The number of benzene rings is 1. The molecule has 0 unspecified atom stereocenters. The van der Waals surface area contributed by atoms with Crippen LogP contribution in [0.2, 0.25) is 0 Å². The van der Waals surface area contributed by atoms with E-state index in [1.165, 1.54) is 0 Å². The molecule has 1 aliphatic rings. The number of hydrogen-bond donors (Lipinski definition) is 1. The molecular weight excluding hydrogens is 350 g/mol. The fourth-order valence-corrected chi connectivity index (χ4v) is 2.59. The Morgan fingerprint density at radius 2 is 1.65 bits per heavy atom. The molecule has 0 bridgehead atoms. The number of carboxylic acid groups (broad SMARTS) is 2. The van der Waals surface area contributed by atoms with Gasteiger partial charge in [0.2, 0.25) is 0 Å². The zero-order valence-corrected chi connectivity index (χ0v) is 20.0. The van der Waals surface area contributed by atoms with Gasteiger partial charge in [0.05, 0.1) is 11.5 Å². The van der Waals surface area contributed by atoms with Gasteiger partial charge in [-0.3, -0.25) is 0 Å². The molecule has 0 atom stereocenters. The summed E-state index contributed by atoms with van der Waals surface area (Å²) < 4.78 is 0. The largest absolute Gasteiger partial charge is 1.00 e. The van der Waals surface area contributed by atoms with Crippen molar-refractivity contribution in [3.05, 3.63) is 30.3 Å². The number of anilines is 1. The van der Waals surface area contributed by atoms with Gasteiger partial charge in [-0.15, -0.1) is 0 Å². The van der Waals surface area contributed by atoms with Gasteiger partial charge in [0.1, 0.15) is 0 Å². The summed E-state index contributed by atoms with van der Waals surface area (Å²) >= 11 is 0. The van der Waals surface area contributed by atoms with Crippen molar-refractivity contribution in [3.63, 3.8) is 0 Å². The summed E-state index contributed by atoms with van der Waals surface area (Å²) in [5.74, 6) is -2.21. The molecule has 0 amide bonds. The topological polar surface area (TPSA) is 95.5 Å². The number of carbonyl (C=O) groups is 2. The second-order valence-electron chi connectivity index (χ2n) is 5.32. The van der Waals surface area contributed by atoms with Gasteiger partial charge < -0.3 is 30.0 Å². The van der Waals surface area contributed by atoms with Gasteiger partial charge in [-0.2, -0.15) is 0 Å². The molecular formula is C15H18K2N2O4. The van der Waals surface area contributed by atoms with Crippen LogP contribution in [-0.2, 0) is 9.59 Å². The number of nitrogens with zero attached hydrogens (tertiary/aromatic N) is 1. The molecule has 8 heteroatoms. The van der Waals surface area contributed by atoms with Crippen LogP contribution in [0.4, 0.5) is 5.69 Å². The maximum Gasteiger partial charge on any atom is 1.00 e. The molecule has 23 heavy (non-hydrogen) atoms. The summed E-state index contributed by atoms with van der Waals surface area (Å²) in [6, 6.07) is 9.15. The average molecular weight is 369 g/mol. The number of nitrogens with one attached hydrogen (secondary N) is 1. The summed E-state index contributed by atoms with van der Waals surface area (Å²) in [5, 5.41) is 25.1. The van der Waals surface area contributed by atoms with Crippen molar-refractivity contribution in [2.75, 3.05) is 25.0 Å². The fourth-order valence-electron chi connectivity index (χ4n) is 2.59. The fraction of sp³-hybridized carbons (Fsp3) is 0.467. The molecule has 0 saturated carbocycles. The number of likely N-dealkylation sites (tertiary alicyclic amines) is 1. The predicted molar refractivity (Wildman–Crippen MR) is 73.1 cm³/mol. The molecule has 114 valence electrons. The monoisotopic (exact) mass is 368 g/mol. The van der Waals surface area contributed by atoms with Crippen molar-refractivity contribution < 1.29 is 123 Å². The Morgan fingerprint density at radius 3 is 2.13 bits per heavy atom. The number of aliphatic carboxylic acids is 2. The van der Waals surface area contributed by atoms with Crippen LogP contribution in [0.1, 0.15) is 19.3 Å². The number of hydrogen-bond acceptors (Lipinski definition) is 6. The van der Waals surface area contributed by atoms with Gasteiger partial charge in [-0.25, -0.2) is 0 Å². The van der Waals surface area contributed by atoms with Gasteiger partial charge >= 0.3 is 103 Å². The quantitative estimate of drug-likeness (QED) is 0.502. The molecule has 1 aliphatic heterocycles. The van der Waals surface area contributed by atoms with Crippen LogP contribution in [0.5, 0.6) is 0 Å². The van der Waals surface area contributed by atoms with Crippen LogP contribution in [-0.4, -0.2) is 42.0 Å². The van der Waals surface area contributed by atoms with Crippen LogP contribution < -0.4 is 118 Å². The third-order valence-electron chi connectivity index (χ3n) is 3.89. The van der Waals surface area contributed by atoms with E-state index in [0.717, 1.165) is 5.69 Å². The first-order chi connectivity index (χ1) is 10.0. The first kappa shape index (κ1) is 24.2. The van der Waals surface area contributed by atoms with Gasteiger partial charge in [0, 0.05) is 31.3 Å². The molecule has 2 rings (SSSR count). The first-order valence-electron chi connectivity index (χ1n) is 6.99. The summed E-state index contributed by atoms with van der Waals surface area (Å²) in [4.78, 5) is 24.0. The molecule has 1 N–H and O–H groups in total. The number of rotatable bonds is 6. The van der Waals surface area contributed by atoms with E-state index in [9.17, 15) is 19.8 Å². The van der Waals surface area contributed by atoms with E-state index in [4.69, 9.17) is 0 Å². The first-order valence-corrected chi connectivity index (χ1v) is 6.99. The molecule has 0 spiro atoms. The summed E-state index contributed by atoms with van der Waals surface area (Å²) in [5.41, 5.74) is -0.357. The second kappa shape index (κ2) is 11.7. The molecule has 1 saturated heterocycles. The van der Waals surface area contributed by atoms with E-state index in [2.05, 4.69) is 5.32 Å². The van der Waals surface area contributed by atoms with Gasteiger partial charge in [-0.05, 0) is 31.4 Å². The van der Waals surface area contributed by atoms with Gasteiger partial charge in [-0.1, -0.05) is 18.2 Å². The van der Waals surface area contributed by atoms with Crippen LogP contribution in [0.25, 0.3) is 0 Å². The smallest absolute Gasteiger partial charge is 0.550 e. The van der Waals surface area contributed by atoms with Crippen molar-refractivity contribution in [3.8, 4) is 0 Å². The molecule has 1 fully saturated rings. The van der Waals surface area contributed by atoms with Gasteiger partial charge in [0.15, 0.2) is 0 Å². The van der Waals surface area contributed by atoms with Crippen molar-refractivity contribution in [2.45, 2.75) is 24.8 Å². The Balaban J connectivity index is 0.00000242. The van der Waals surface area contributed by atoms with E-state index in [0.29, 0.717) is 32.5 Å². The van der Waals surface area contributed by atoms with Crippen molar-refractivity contribution >= 4 is 17.6 Å². The van der Waals surface area contributed by atoms with E-state index in [-0.39, 0.29) is 109 Å². The minimum absolute atomic E-state index is 0. The van der Waals surface area contributed by atoms with Crippen molar-refractivity contribution in [1.82, 2.24) is 4.90 Å². The van der Waals surface area contributed by atoms with Crippen LogP contribution in [0.15, 0.2) is 30.3 Å². The van der Waals surface area contributed by atoms with Crippen molar-refractivity contribution in [1.29, 1.82) is 0 Å². The SMILES string of the molecule is O=C([O-])CCN1CCC(Nc2ccccc2)(C(=O)[O-])CC1.[K+].[K+]. The minimum atomic E-state index is -1.12. The number of carbonyl (C=O) groups excluding carboxylic acids is 2. The van der Waals surface area contributed by atoms with Gasteiger partial charge in [0.25, 0.3) is 0 Å². The summed E-state index contributed by atoms with van der Waals surface area (Å²) in [6.07, 6.45) is 0.707. The number of piperidine rings is 1. The Kier molecular flexibility index (Phi) is 12.3. The van der Waals surface area contributed by atoms with E-state index >= 15 is 0 Å². The molecule has 6 nitrogen and oxygen atoms in total. The standard InChI is InChI=1S/C15H20N2O4.2K/c18-13(19)6-9-17-10-7-15(8-11-17,14(20)21)16-12-4-2-1-3-5-12;;/h1-5,16H,6-11H2,(H,18,19)(H,20,21);;/q;2*+1/p-2. The Bertz CT molecular complexity index is 505. The van der Waals surface area contributed by atoms with E-state index < -0.39 is 17.5 Å². The molecule has 0 radical (unpaired) electrons. The molecule has 0 aliphatic carbocycles. The minimum Gasteiger partial charge on any atom is -0.550 e. The average Bonchev–Trinajstić information content (AvgIpc) is 2.47. The van der Waals surface area contributed by atoms with Crippen LogP contribution in [0.3, 0.4) is 0 Å². The Morgan fingerprint density at radius 1 is 1.09 bits per heavy atom. The van der Waals surface area contributed by atoms with Crippen LogP contribution >= 0.6 is 0 Å². The van der Waals surface area contributed by atoms with E-state index in [1.807, 2.05) is 35.2 Å². The zero-order valence-electron chi connectivity index (χ0n) is 13.7. The zero-order chi connectivity index (χ0) is 15.3. The number of para-hydroxylation sites is 1. The van der Waals surface area contributed by atoms with Crippen LogP contribution in [0, 0.1) is 0 Å². The molecule has 1 aromatic rings. The molecule has 1 aromatic carbocycles. The maximum atomic E-state index is 11.6.